The number of nitrogens with zero attached hydrogens (tertiary/aromatic N) is 3. The van der Waals surface area contributed by atoms with E-state index in [-0.39, 0.29) is 24.0 Å². The highest BCUT2D eigenvalue weighted by molar-refractivity contribution is 5.97. The number of hydrogen-bond donors (Lipinski definition) is 2. The second kappa shape index (κ2) is 16.8. The van der Waals surface area contributed by atoms with Crippen LogP contribution in [0, 0.1) is 59.3 Å². The third kappa shape index (κ3) is 9.76. The molecular weight excluding hydrogens is 707 g/mol. The van der Waals surface area contributed by atoms with Crippen molar-refractivity contribution in [1.82, 2.24) is 15.0 Å². The third-order valence-electron chi connectivity index (χ3n) is 10.7. The Kier molecular flexibility index (Phi) is 11.5. The van der Waals surface area contributed by atoms with Crippen molar-refractivity contribution in [3.05, 3.63) is 149 Å². The first-order valence-electron chi connectivity index (χ1n) is 19.6. The molecule has 2 N–H and O–H groups in total. The van der Waals surface area contributed by atoms with Gasteiger partial charge in [0, 0.05) is 47.1 Å². The Hall–Kier alpha value is -6.28. The summed E-state index contributed by atoms with van der Waals surface area (Å²) in [5.41, 5.74) is 14.4. The van der Waals surface area contributed by atoms with Crippen LogP contribution < -0.4 is 10.6 Å². The number of benzene rings is 3. The highest BCUT2D eigenvalue weighted by Crippen LogP contribution is 2.37. The first-order valence-corrected chi connectivity index (χ1v) is 19.6. The SMILES string of the molecule is Cc1cc(C)cc(-c2ccc(CC(=O)C3CC(C(=O)Nc4ccc(-c5cc(C)cc(C)c5)nc4)CC(C(=O)Nc4ccc(-c5cc(C)cc(C)c5)nc4)C3)cn2)c1. The molecule has 288 valence electrons. The van der Waals surface area contributed by atoms with Crippen LogP contribution in [-0.2, 0) is 20.8 Å². The minimum atomic E-state index is -0.558. The molecule has 3 aromatic heterocycles. The quantitative estimate of drug-likeness (QED) is 0.144. The number of Topliss-reactive ketones (excluding diaryl/α,β-unsaturated/α-hetero) is 1. The molecule has 1 fully saturated rings. The minimum Gasteiger partial charge on any atom is -0.324 e. The van der Waals surface area contributed by atoms with Crippen molar-refractivity contribution in [1.29, 1.82) is 0 Å². The zero-order chi connectivity index (χ0) is 40.2. The van der Waals surface area contributed by atoms with Gasteiger partial charge in [-0.25, -0.2) is 0 Å². The topological polar surface area (TPSA) is 114 Å². The molecule has 57 heavy (non-hydrogen) atoms. The van der Waals surface area contributed by atoms with E-state index in [9.17, 15) is 14.4 Å². The van der Waals surface area contributed by atoms with Gasteiger partial charge in [0.25, 0.3) is 0 Å². The van der Waals surface area contributed by atoms with Gasteiger partial charge in [-0.1, -0.05) is 57.6 Å². The normalized spacial score (nSPS) is 16.5. The number of ketones is 1. The molecule has 2 unspecified atom stereocenters. The van der Waals surface area contributed by atoms with Crippen molar-refractivity contribution in [3.8, 4) is 33.8 Å². The molecule has 0 bridgehead atoms. The van der Waals surface area contributed by atoms with Gasteiger partial charge in [0.2, 0.25) is 11.8 Å². The molecule has 0 spiro atoms. The van der Waals surface area contributed by atoms with Gasteiger partial charge in [-0.05, 0) is 133 Å². The monoisotopic (exact) mass is 755 g/mol. The molecule has 3 heterocycles. The molecule has 1 aliphatic carbocycles. The van der Waals surface area contributed by atoms with Gasteiger partial charge in [-0.3, -0.25) is 29.3 Å². The van der Waals surface area contributed by atoms with Gasteiger partial charge in [0.05, 0.1) is 40.9 Å². The van der Waals surface area contributed by atoms with Gasteiger partial charge in [-0.15, -0.1) is 0 Å². The van der Waals surface area contributed by atoms with E-state index in [0.29, 0.717) is 30.6 Å². The Morgan fingerprint density at radius 1 is 0.474 bits per heavy atom. The third-order valence-corrected chi connectivity index (χ3v) is 10.7. The number of carbonyl (C=O) groups excluding carboxylic acids is 3. The summed E-state index contributed by atoms with van der Waals surface area (Å²) in [6.45, 7) is 12.4. The van der Waals surface area contributed by atoms with Gasteiger partial charge < -0.3 is 10.6 Å². The highest BCUT2D eigenvalue weighted by Gasteiger charge is 2.39. The predicted octanol–water partition coefficient (Wildman–Crippen LogP) is 10.1. The molecule has 7 rings (SSSR count). The van der Waals surface area contributed by atoms with Crippen LogP contribution in [-0.4, -0.2) is 32.5 Å². The number of rotatable bonds is 10. The van der Waals surface area contributed by atoms with Crippen molar-refractivity contribution < 1.29 is 14.4 Å². The minimum absolute atomic E-state index is 0.00909. The van der Waals surface area contributed by atoms with E-state index < -0.39 is 17.8 Å². The molecule has 1 aliphatic rings. The van der Waals surface area contributed by atoms with Crippen molar-refractivity contribution in [2.75, 3.05) is 10.6 Å². The molecule has 3 aromatic carbocycles. The van der Waals surface area contributed by atoms with Crippen molar-refractivity contribution in [3.63, 3.8) is 0 Å². The molecule has 8 heteroatoms. The number of anilines is 2. The summed E-state index contributed by atoms with van der Waals surface area (Å²) >= 11 is 0. The summed E-state index contributed by atoms with van der Waals surface area (Å²) in [5, 5.41) is 6.05. The fourth-order valence-corrected chi connectivity index (χ4v) is 8.19. The number of aromatic nitrogens is 3. The molecule has 0 saturated heterocycles. The van der Waals surface area contributed by atoms with Crippen molar-refractivity contribution in [2.24, 2.45) is 17.8 Å². The molecule has 0 aliphatic heterocycles. The number of carbonyl (C=O) groups is 3. The van der Waals surface area contributed by atoms with Gasteiger partial charge in [-0.2, -0.15) is 0 Å². The van der Waals surface area contributed by atoms with E-state index in [1.807, 2.05) is 36.4 Å². The van der Waals surface area contributed by atoms with Gasteiger partial charge in [0.15, 0.2) is 0 Å². The summed E-state index contributed by atoms with van der Waals surface area (Å²) in [7, 11) is 0. The lowest BCUT2D eigenvalue weighted by molar-refractivity contribution is -0.130. The summed E-state index contributed by atoms with van der Waals surface area (Å²) in [6, 6.07) is 30.3. The second-order valence-electron chi connectivity index (χ2n) is 16.0. The Bertz CT molecular complexity index is 2100. The predicted molar refractivity (Wildman–Crippen MR) is 228 cm³/mol. The fourth-order valence-electron chi connectivity index (χ4n) is 8.19. The highest BCUT2D eigenvalue weighted by atomic mass is 16.2. The van der Waals surface area contributed by atoms with E-state index in [4.69, 9.17) is 0 Å². The van der Waals surface area contributed by atoms with Crippen LogP contribution in [0.5, 0.6) is 0 Å². The molecule has 2 amide bonds. The van der Waals surface area contributed by atoms with E-state index in [0.717, 1.165) is 72.7 Å². The van der Waals surface area contributed by atoms with E-state index >= 15 is 0 Å². The second-order valence-corrected chi connectivity index (χ2v) is 16.0. The maximum absolute atomic E-state index is 14.0. The lowest BCUT2D eigenvalue weighted by atomic mass is 9.72. The Morgan fingerprint density at radius 3 is 1.16 bits per heavy atom. The molecular formula is C49H49N5O3. The molecule has 2 atom stereocenters. The number of aryl methyl sites for hydroxylation is 6. The van der Waals surface area contributed by atoms with Crippen LogP contribution in [0.2, 0.25) is 0 Å². The Morgan fingerprint density at radius 2 is 0.825 bits per heavy atom. The lowest BCUT2D eigenvalue weighted by Crippen LogP contribution is -2.39. The van der Waals surface area contributed by atoms with Crippen LogP contribution in [0.1, 0.15) is 58.2 Å². The van der Waals surface area contributed by atoms with Crippen LogP contribution in [0.3, 0.4) is 0 Å². The number of hydrogen-bond acceptors (Lipinski definition) is 6. The van der Waals surface area contributed by atoms with Crippen LogP contribution in [0.15, 0.2) is 110 Å². The van der Waals surface area contributed by atoms with Gasteiger partial charge in [0.1, 0.15) is 5.78 Å². The summed E-state index contributed by atoms with van der Waals surface area (Å²) in [4.78, 5) is 55.7. The first-order chi connectivity index (χ1) is 27.3. The van der Waals surface area contributed by atoms with Crippen LogP contribution in [0.4, 0.5) is 11.4 Å². The summed E-state index contributed by atoms with van der Waals surface area (Å²) < 4.78 is 0. The zero-order valence-corrected chi connectivity index (χ0v) is 33.5. The summed E-state index contributed by atoms with van der Waals surface area (Å²) in [5.74, 6) is -2.07. The smallest absolute Gasteiger partial charge is 0.227 e. The number of pyridine rings is 3. The van der Waals surface area contributed by atoms with Gasteiger partial charge >= 0.3 is 0 Å². The summed E-state index contributed by atoms with van der Waals surface area (Å²) in [6.07, 6.45) is 6.25. The number of amides is 2. The Labute approximate surface area is 335 Å². The Balaban J connectivity index is 1.07. The molecule has 8 nitrogen and oxygen atoms in total. The molecule has 0 radical (unpaired) electrons. The average Bonchev–Trinajstić information content (AvgIpc) is 3.17. The van der Waals surface area contributed by atoms with E-state index in [1.54, 1.807) is 18.6 Å². The fraction of sp³-hybridized carbons (Fsp3) is 0.265. The molecule has 6 aromatic rings. The number of nitrogens with one attached hydrogen (secondary N) is 2. The maximum Gasteiger partial charge on any atom is 0.227 e. The lowest BCUT2D eigenvalue weighted by Gasteiger charge is -2.33. The van der Waals surface area contributed by atoms with Crippen molar-refractivity contribution >= 4 is 29.0 Å². The standard InChI is InChI=1S/C49H49N5O3/c1-29-13-30(2)17-36(16-29)44-10-7-35(26-50-44)22-47(55)39-23-40(48(56)53-42-8-11-45(51-27-42)37-18-31(3)14-32(4)19-37)25-41(24-39)49(57)54-43-9-12-46(52-28-43)38-20-33(5)15-34(6)21-38/h7-21,26-28,39-41H,22-25H2,1-6H3,(H,53,56)(H,54,57). The van der Waals surface area contributed by atoms with E-state index in [1.165, 1.54) is 0 Å². The average molecular weight is 756 g/mol. The first kappa shape index (κ1) is 39.0. The maximum atomic E-state index is 14.0. The van der Waals surface area contributed by atoms with Crippen LogP contribution in [0.25, 0.3) is 33.8 Å². The zero-order valence-electron chi connectivity index (χ0n) is 33.5. The van der Waals surface area contributed by atoms with E-state index in [2.05, 4.69) is 122 Å². The molecule has 1 saturated carbocycles. The van der Waals surface area contributed by atoms with Crippen LogP contribution >= 0.6 is 0 Å². The van der Waals surface area contributed by atoms with Crippen molar-refractivity contribution in [2.45, 2.75) is 67.2 Å². The largest absolute Gasteiger partial charge is 0.324 e.